The highest BCUT2D eigenvalue weighted by molar-refractivity contribution is 14.1. The van der Waals surface area contributed by atoms with E-state index in [1.165, 1.54) is 4.88 Å². The fraction of sp³-hybridized carbons (Fsp3) is 0.154. The van der Waals surface area contributed by atoms with Crippen molar-refractivity contribution in [2.45, 2.75) is 6.42 Å². The monoisotopic (exact) mass is 391 g/mol. The first-order valence-electron chi connectivity index (χ1n) is 5.42. The van der Waals surface area contributed by atoms with Gasteiger partial charge < -0.3 is 5.32 Å². The standard InChI is InChI=1S/C13H11ClINOS/c14-11-8-9(3-4-12(11)15)13(17)16-6-5-10-2-1-7-18-10/h1-4,7-8H,5-6H2,(H,16,17). The topological polar surface area (TPSA) is 29.1 Å². The zero-order chi connectivity index (χ0) is 13.0. The number of hydrogen-bond donors (Lipinski definition) is 1. The molecule has 0 aliphatic rings. The lowest BCUT2D eigenvalue weighted by Crippen LogP contribution is -2.25. The molecule has 18 heavy (non-hydrogen) atoms. The Balaban J connectivity index is 1.89. The maximum Gasteiger partial charge on any atom is 0.251 e. The lowest BCUT2D eigenvalue weighted by molar-refractivity contribution is 0.0954. The second-order valence-electron chi connectivity index (χ2n) is 3.71. The quantitative estimate of drug-likeness (QED) is 0.785. The van der Waals surface area contributed by atoms with Crippen LogP contribution in [0.1, 0.15) is 15.2 Å². The third-order valence-electron chi connectivity index (χ3n) is 2.42. The van der Waals surface area contributed by atoms with Gasteiger partial charge in [0.15, 0.2) is 0 Å². The first-order valence-corrected chi connectivity index (χ1v) is 7.76. The third-order valence-corrected chi connectivity index (χ3v) is 4.93. The molecule has 0 aliphatic heterocycles. The van der Waals surface area contributed by atoms with Crippen molar-refractivity contribution in [3.05, 3.63) is 54.7 Å². The third kappa shape index (κ3) is 3.70. The van der Waals surface area contributed by atoms with Gasteiger partial charge in [-0.15, -0.1) is 11.3 Å². The smallest absolute Gasteiger partial charge is 0.251 e. The molecule has 1 aromatic heterocycles. The molecule has 0 spiro atoms. The average molecular weight is 392 g/mol. The molecule has 94 valence electrons. The van der Waals surface area contributed by atoms with E-state index in [1.54, 1.807) is 23.5 Å². The average Bonchev–Trinajstić information content (AvgIpc) is 2.85. The van der Waals surface area contributed by atoms with Crippen LogP contribution in [0, 0.1) is 3.57 Å². The zero-order valence-corrected chi connectivity index (χ0v) is 13.2. The summed E-state index contributed by atoms with van der Waals surface area (Å²) in [5.74, 6) is -0.0788. The van der Waals surface area contributed by atoms with Gasteiger partial charge in [-0.25, -0.2) is 0 Å². The lowest BCUT2D eigenvalue weighted by atomic mass is 10.2. The molecule has 1 heterocycles. The molecule has 2 rings (SSSR count). The summed E-state index contributed by atoms with van der Waals surface area (Å²) < 4.78 is 0.949. The molecule has 0 unspecified atom stereocenters. The number of carbonyl (C=O) groups is 1. The van der Waals surface area contributed by atoms with Gasteiger partial charge >= 0.3 is 0 Å². The van der Waals surface area contributed by atoms with Crippen molar-refractivity contribution in [1.29, 1.82) is 0 Å². The van der Waals surface area contributed by atoms with Crippen LogP contribution >= 0.6 is 45.5 Å². The summed E-state index contributed by atoms with van der Waals surface area (Å²) in [6.07, 6.45) is 0.863. The Labute approximate surface area is 129 Å². The van der Waals surface area contributed by atoms with E-state index in [1.807, 2.05) is 17.5 Å². The Kier molecular flexibility index (Phi) is 5.03. The normalized spacial score (nSPS) is 10.3. The summed E-state index contributed by atoms with van der Waals surface area (Å²) in [7, 11) is 0. The Morgan fingerprint density at radius 1 is 1.39 bits per heavy atom. The van der Waals surface area contributed by atoms with Crippen LogP contribution in [0.15, 0.2) is 35.7 Å². The molecular formula is C13H11ClINOS. The van der Waals surface area contributed by atoms with Crippen LogP contribution in [0.4, 0.5) is 0 Å². The molecule has 1 N–H and O–H groups in total. The van der Waals surface area contributed by atoms with E-state index in [0.717, 1.165) is 9.99 Å². The van der Waals surface area contributed by atoms with Gasteiger partial charge in [0.2, 0.25) is 0 Å². The summed E-state index contributed by atoms with van der Waals surface area (Å²) in [5.41, 5.74) is 0.603. The molecule has 5 heteroatoms. The van der Waals surface area contributed by atoms with Gasteiger partial charge in [0.1, 0.15) is 0 Å². The highest BCUT2D eigenvalue weighted by Gasteiger charge is 2.07. The summed E-state index contributed by atoms with van der Waals surface area (Å²) in [6, 6.07) is 9.41. The van der Waals surface area contributed by atoms with Gasteiger partial charge in [0.05, 0.1) is 5.02 Å². The Morgan fingerprint density at radius 2 is 2.22 bits per heavy atom. The van der Waals surface area contributed by atoms with E-state index in [0.29, 0.717) is 17.1 Å². The minimum atomic E-state index is -0.0788. The van der Waals surface area contributed by atoms with E-state index in [4.69, 9.17) is 11.6 Å². The van der Waals surface area contributed by atoms with E-state index in [2.05, 4.69) is 34.0 Å². The summed E-state index contributed by atoms with van der Waals surface area (Å²) in [4.78, 5) is 13.1. The number of carbonyl (C=O) groups excluding carboxylic acids is 1. The van der Waals surface area contributed by atoms with Gasteiger partial charge in [0.25, 0.3) is 5.91 Å². The van der Waals surface area contributed by atoms with Crippen molar-refractivity contribution in [3.8, 4) is 0 Å². The minimum Gasteiger partial charge on any atom is -0.352 e. The van der Waals surface area contributed by atoms with Crippen molar-refractivity contribution >= 4 is 51.4 Å². The minimum absolute atomic E-state index is 0.0788. The molecule has 2 nitrogen and oxygen atoms in total. The maximum atomic E-state index is 11.9. The number of nitrogens with one attached hydrogen (secondary N) is 1. The van der Waals surface area contributed by atoms with Crippen LogP contribution in [0.3, 0.4) is 0 Å². The molecule has 2 aromatic rings. The second-order valence-corrected chi connectivity index (χ2v) is 6.32. The number of hydrogen-bond acceptors (Lipinski definition) is 2. The van der Waals surface area contributed by atoms with Crippen LogP contribution in [-0.4, -0.2) is 12.5 Å². The van der Waals surface area contributed by atoms with Crippen molar-refractivity contribution in [3.63, 3.8) is 0 Å². The molecule has 1 aromatic carbocycles. The highest BCUT2D eigenvalue weighted by Crippen LogP contribution is 2.19. The van der Waals surface area contributed by atoms with Gasteiger partial charge in [0, 0.05) is 20.6 Å². The van der Waals surface area contributed by atoms with Gasteiger partial charge in [-0.3, -0.25) is 4.79 Å². The SMILES string of the molecule is O=C(NCCc1cccs1)c1ccc(I)c(Cl)c1. The highest BCUT2D eigenvalue weighted by atomic mass is 127. The lowest BCUT2D eigenvalue weighted by Gasteiger charge is -2.05. The van der Waals surface area contributed by atoms with Crippen molar-refractivity contribution < 1.29 is 4.79 Å². The molecular weight excluding hydrogens is 381 g/mol. The predicted molar refractivity (Wildman–Crippen MR) is 84.5 cm³/mol. The van der Waals surface area contributed by atoms with Gasteiger partial charge in [-0.1, -0.05) is 17.7 Å². The van der Waals surface area contributed by atoms with E-state index in [9.17, 15) is 4.79 Å². The Hall–Kier alpha value is -0.590. The molecule has 0 radical (unpaired) electrons. The van der Waals surface area contributed by atoms with Crippen molar-refractivity contribution in [2.24, 2.45) is 0 Å². The van der Waals surface area contributed by atoms with Crippen LogP contribution in [0.5, 0.6) is 0 Å². The van der Waals surface area contributed by atoms with E-state index < -0.39 is 0 Å². The summed E-state index contributed by atoms with van der Waals surface area (Å²) in [6.45, 7) is 0.642. The van der Waals surface area contributed by atoms with Crippen LogP contribution < -0.4 is 5.32 Å². The zero-order valence-electron chi connectivity index (χ0n) is 9.45. The molecule has 0 aliphatic carbocycles. The summed E-state index contributed by atoms with van der Waals surface area (Å²) in [5, 5.41) is 5.54. The van der Waals surface area contributed by atoms with Crippen LogP contribution in [-0.2, 0) is 6.42 Å². The van der Waals surface area contributed by atoms with E-state index in [-0.39, 0.29) is 5.91 Å². The van der Waals surface area contributed by atoms with Crippen molar-refractivity contribution in [2.75, 3.05) is 6.54 Å². The number of halogens is 2. The molecule has 1 amide bonds. The number of thiophene rings is 1. The van der Waals surface area contributed by atoms with Gasteiger partial charge in [-0.05, 0) is 58.7 Å². The number of rotatable bonds is 4. The fourth-order valence-corrected chi connectivity index (χ4v) is 2.72. The molecule has 0 saturated carbocycles. The predicted octanol–water partition coefficient (Wildman–Crippen LogP) is 3.98. The fourth-order valence-electron chi connectivity index (χ4n) is 1.49. The van der Waals surface area contributed by atoms with Crippen molar-refractivity contribution in [1.82, 2.24) is 5.32 Å². The van der Waals surface area contributed by atoms with Gasteiger partial charge in [-0.2, -0.15) is 0 Å². The van der Waals surface area contributed by atoms with Crippen LogP contribution in [0.25, 0.3) is 0 Å². The van der Waals surface area contributed by atoms with E-state index >= 15 is 0 Å². The van der Waals surface area contributed by atoms with Crippen LogP contribution in [0.2, 0.25) is 5.02 Å². The molecule has 0 bridgehead atoms. The maximum absolute atomic E-state index is 11.9. The Morgan fingerprint density at radius 3 is 2.89 bits per heavy atom. The number of benzene rings is 1. The molecule has 0 fully saturated rings. The Bertz CT molecular complexity index is 542. The second kappa shape index (κ2) is 6.54. The first kappa shape index (κ1) is 13.8. The largest absolute Gasteiger partial charge is 0.352 e. The molecule has 0 atom stereocenters. The number of amides is 1. The molecule has 0 saturated heterocycles. The summed E-state index contributed by atoms with van der Waals surface area (Å²) >= 11 is 9.83. The first-order chi connectivity index (χ1) is 8.66.